The first kappa shape index (κ1) is 14.8. The molecule has 2 unspecified atom stereocenters. The highest BCUT2D eigenvalue weighted by Crippen LogP contribution is 2.36. The van der Waals surface area contributed by atoms with Gasteiger partial charge in [-0.05, 0) is 30.9 Å². The second-order valence-electron chi connectivity index (χ2n) is 4.69. The molecule has 0 amide bonds. The molecule has 1 aromatic heterocycles. The lowest BCUT2D eigenvalue weighted by Crippen LogP contribution is -2.42. The highest BCUT2D eigenvalue weighted by atomic mass is 35.5. The van der Waals surface area contributed by atoms with Crippen LogP contribution in [-0.2, 0) is 14.8 Å². The van der Waals surface area contributed by atoms with Crippen molar-refractivity contribution in [1.29, 1.82) is 0 Å². The summed E-state index contributed by atoms with van der Waals surface area (Å²) in [6.07, 6.45) is 0.550. The molecule has 8 heteroatoms. The maximum atomic E-state index is 12.5. The number of hydrogen-bond acceptors (Lipinski definition) is 4. The zero-order valence-electron chi connectivity index (χ0n) is 10.5. The van der Waals surface area contributed by atoms with E-state index in [0.717, 1.165) is 15.6 Å². The Balaban J connectivity index is 2.42. The Morgan fingerprint density at radius 1 is 1.58 bits per heavy atom. The van der Waals surface area contributed by atoms with Gasteiger partial charge in [0.25, 0.3) is 10.0 Å². The van der Waals surface area contributed by atoms with E-state index in [0.29, 0.717) is 16.3 Å². The van der Waals surface area contributed by atoms with E-state index >= 15 is 0 Å². The first-order chi connectivity index (χ1) is 8.75. The van der Waals surface area contributed by atoms with Crippen molar-refractivity contribution in [3.8, 4) is 0 Å². The average molecular weight is 324 g/mol. The fraction of sp³-hybridized carbons (Fsp3) is 0.545. The Hall–Kier alpha value is -0.630. The third-order valence-corrected chi connectivity index (χ3v) is 7.19. The van der Waals surface area contributed by atoms with E-state index in [1.54, 1.807) is 13.8 Å². The van der Waals surface area contributed by atoms with Crippen LogP contribution in [-0.4, -0.2) is 36.4 Å². The zero-order chi connectivity index (χ0) is 14.4. The Morgan fingerprint density at radius 3 is 2.68 bits per heavy atom. The van der Waals surface area contributed by atoms with Crippen LogP contribution < -0.4 is 0 Å². The van der Waals surface area contributed by atoms with Crippen LogP contribution in [0.1, 0.15) is 18.9 Å². The molecule has 2 heterocycles. The lowest BCUT2D eigenvalue weighted by molar-refractivity contribution is -0.141. The van der Waals surface area contributed by atoms with Crippen LogP contribution in [0.15, 0.2) is 10.3 Å². The van der Waals surface area contributed by atoms with Gasteiger partial charge in [0.05, 0.1) is 4.34 Å². The van der Waals surface area contributed by atoms with Crippen molar-refractivity contribution in [3.05, 3.63) is 16.0 Å². The molecule has 2 rings (SSSR count). The third-order valence-electron chi connectivity index (χ3n) is 3.30. The van der Waals surface area contributed by atoms with Crippen molar-refractivity contribution in [1.82, 2.24) is 4.31 Å². The molecule has 0 radical (unpaired) electrons. The monoisotopic (exact) mass is 323 g/mol. The number of aliphatic carboxylic acids is 1. The van der Waals surface area contributed by atoms with Crippen molar-refractivity contribution in [2.75, 3.05) is 6.54 Å². The normalized spacial score (nSPS) is 24.8. The number of carbonyl (C=O) groups is 1. The Morgan fingerprint density at radius 2 is 2.21 bits per heavy atom. The van der Waals surface area contributed by atoms with E-state index in [4.69, 9.17) is 11.6 Å². The smallest absolute Gasteiger partial charge is 0.322 e. The van der Waals surface area contributed by atoms with Crippen molar-refractivity contribution >= 4 is 38.9 Å². The quantitative estimate of drug-likeness (QED) is 0.925. The molecule has 0 aliphatic carbocycles. The largest absolute Gasteiger partial charge is 0.480 e. The molecule has 1 aliphatic rings. The van der Waals surface area contributed by atoms with Gasteiger partial charge in [-0.25, -0.2) is 8.42 Å². The number of carboxylic acid groups (broad SMARTS) is 1. The number of carboxylic acids is 1. The van der Waals surface area contributed by atoms with Gasteiger partial charge in [-0.3, -0.25) is 4.79 Å². The fourth-order valence-corrected chi connectivity index (χ4v) is 5.75. The van der Waals surface area contributed by atoms with Crippen molar-refractivity contribution in [3.63, 3.8) is 0 Å². The summed E-state index contributed by atoms with van der Waals surface area (Å²) in [4.78, 5) is 11.2. The number of nitrogens with zero attached hydrogens (tertiary/aromatic N) is 1. The molecular formula is C11H14ClNO4S2. The maximum absolute atomic E-state index is 12.5. The van der Waals surface area contributed by atoms with Gasteiger partial charge < -0.3 is 5.11 Å². The summed E-state index contributed by atoms with van der Waals surface area (Å²) in [6.45, 7) is 3.70. The van der Waals surface area contributed by atoms with Gasteiger partial charge >= 0.3 is 5.97 Å². The molecular weight excluding hydrogens is 310 g/mol. The molecule has 1 saturated heterocycles. The van der Waals surface area contributed by atoms with Crippen LogP contribution in [0.25, 0.3) is 0 Å². The van der Waals surface area contributed by atoms with Crippen LogP contribution in [0.3, 0.4) is 0 Å². The molecule has 0 aromatic carbocycles. The molecule has 19 heavy (non-hydrogen) atoms. The van der Waals surface area contributed by atoms with E-state index in [1.165, 1.54) is 6.07 Å². The van der Waals surface area contributed by atoms with Gasteiger partial charge in [-0.15, -0.1) is 11.3 Å². The van der Waals surface area contributed by atoms with Gasteiger partial charge in [-0.1, -0.05) is 18.5 Å². The van der Waals surface area contributed by atoms with Gasteiger partial charge in [0, 0.05) is 6.54 Å². The van der Waals surface area contributed by atoms with Crippen LogP contribution in [0.4, 0.5) is 0 Å². The molecule has 0 bridgehead atoms. The molecule has 1 aromatic rings. The van der Waals surface area contributed by atoms with Crippen molar-refractivity contribution < 1.29 is 18.3 Å². The highest BCUT2D eigenvalue weighted by Gasteiger charge is 2.44. The summed E-state index contributed by atoms with van der Waals surface area (Å²) in [5.41, 5.74) is 0.685. The van der Waals surface area contributed by atoms with E-state index in [1.807, 2.05) is 0 Å². The molecule has 2 atom stereocenters. The Labute approximate surface area is 120 Å². The zero-order valence-corrected chi connectivity index (χ0v) is 12.8. The van der Waals surface area contributed by atoms with Crippen LogP contribution in [0.2, 0.25) is 4.34 Å². The Bertz CT molecular complexity index is 591. The first-order valence-corrected chi connectivity index (χ1v) is 8.39. The standard InChI is InChI=1S/C11H14ClNO4S2/c1-6-3-4-13(9(6)11(14)15)19(16,17)8-5-7(2)10(12)18-8/h5-6,9H,3-4H2,1-2H3,(H,14,15). The highest BCUT2D eigenvalue weighted by molar-refractivity contribution is 7.91. The summed E-state index contributed by atoms with van der Waals surface area (Å²) >= 11 is 6.85. The minimum atomic E-state index is -3.78. The SMILES string of the molecule is Cc1cc(S(=O)(=O)N2CCC(C)C2C(=O)O)sc1Cl. The summed E-state index contributed by atoms with van der Waals surface area (Å²) in [6, 6.07) is 0.496. The number of sulfonamides is 1. The van der Waals surface area contributed by atoms with E-state index < -0.39 is 22.0 Å². The Kier molecular flexibility index (Phi) is 3.92. The second-order valence-corrected chi connectivity index (χ2v) is 8.46. The lowest BCUT2D eigenvalue weighted by atomic mass is 10.0. The van der Waals surface area contributed by atoms with Crippen LogP contribution in [0, 0.1) is 12.8 Å². The number of rotatable bonds is 3. The molecule has 1 aliphatic heterocycles. The fourth-order valence-electron chi connectivity index (χ4n) is 2.22. The lowest BCUT2D eigenvalue weighted by Gasteiger charge is -2.21. The first-order valence-electron chi connectivity index (χ1n) is 5.75. The van der Waals surface area contributed by atoms with Gasteiger partial charge in [0.1, 0.15) is 10.3 Å². The van der Waals surface area contributed by atoms with Gasteiger partial charge in [0.2, 0.25) is 0 Å². The topological polar surface area (TPSA) is 74.7 Å². The molecule has 1 N–H and O–H groups in total. The number of aryl methyl sites for hydroxylation is 1. The molecule has 0 saturated carbocycles. The van der Waals surface area contributed by atoms with Gasteiger partial charge in [-0.2, -0.15) is 4.31 Å². The summed E-state index contributed by atoms with van der Waals surface area (Å²) in [7, 11) is -3.78. The third kappa shape index (κ3) is 2.52. The van der Waals surface area contributed by atoms with Crippen LogP contribution >= 0.6 is 22.9 Å². The number of halogens is 1. The van der Waals surface area contributed by atoms with E-state index in [9.17, 15) is 18.3 Å². The number of hydrogen-bond donors (Lipinski definition) is 1. The van der Waals surface area contributed by atoms with Crippen LogP contribution in [0.5, 0.6) is 0 Å². The van der Waals surface area contributed by atoms with E-state index in [2.05, 4.69) is 0 Å². The molecule has 5 nitrogen and oxygen atoms in total. The molecule has 0 spiro atoms. The number of thiophene rings is 1. The maximum Gasteiger partial charge on any atom is 0.322 e. The second kappa shape index (κ2) is 5.05. The molecule has 1 fully saturated rings. The summed E-state index contributed by atoms with van der Waals surface area (Å²) < 4.78 is 26.5. The predicted octanol–water partition coefficient (Wildman–Crippen LogP) is 2.19. The van der Waals surface area contributed by atoms with Crippen molar-refractivity contribution in [2.45, 2.75) is 30.5 Å². The molecule has 106 valence electrons. The minimum absolute atomic E-state index is 0.107. The van der Waals surface area contributed by atoms with Gasteiger partial charge in [0.15, 0.2) is 0 Å². The summed E-state index contributed by atoms with van der Waals surface area (Å²) in [5, 5.41) is 9.20. The summed E-state index contributed by atoms with van der Waals surface area (Å²) in [5.74, 6) is -1.29. The predicted molar refractivity (Wildman–Crippen MR) is 73.2 cm³/mol. The van der Waals surface area contributed by atoms with E-state index in [-0.39, 0.29) is 16.7 Å². The average Bonchev–Trinajstić information content (AvgIpc) is 2.84. The van der Waals surface area contributed by atoms with Crippen molar-refractivity contribution in [2.24, 2.45) is 5.92 Å². The minimum Gasteiger partial charge on any atom is -0.480 e.